The fourth-order valence-corrected chi connectivity index (χ4v) is 12.5. The molecule has 4 heterocycles. The molecule has 0 bridgehead atoms. The Labute approximate surface area is 399 Å². The number of fused-ring (bicyclic) bond motifs is 14. The third-order valence-corrected chi connectivity index (χ3v) is 15.7. The van der Waals surface area contributed by atoms with Crippen molar-refractivity contribution in [2.24, 2.45) is 0 Å². The van der Waals surface area contributed by atoms with Crippen LogP contribution in [0.4, 0.5) is 0 Å². The molecular formula is C64H39N3OS. The zero-order valence-electron chi connectivity index (χ0n) is 37.5. The molecule has 15 aromatic rings. The van der Waals surface area contributed by atoms with E-state index in [0.717, 1.165) is 78.7 Å². The summed E-state index contributed by atoms with van der Waals surface area (Å²) in [6.07, 6.45) is 0.739. The molecule has 0 spiro atoms. The highest BCUT2D eigenvalue weighted by atomic mass is 32.1. The largest absolute Gasteiger partial charge is 0.456 e. The monoisotopic (exact) mass is 897 g/mol. The summed E-state index contributed by atoms with van der Waals surface area (Å²) in [6.45, 7) is 2.23. The molecule has 0 fully saturated rings. The number of hydrogen-bond donors (Lipinski definition) is 0. The highest BCUT2D eigenvalue weighted by Gasteiger charge is 2.26. The first-order chi connectivity index (χ1) is 34.1. The second-order valence-corrected chi connectivity index (χ2v) is 19.4. The quantitative estimate of drug-likeness (QED) is 0.173. The zero-order chi connectivity index (χ0) is 45.3. The Bertz CT molecular complexity index is 4570. The molecule has 0 atom stereocenters. The van der Waals surface area contributed by atoms with Crippen LogP contribution in [0.25, 0.3) is 147 Å². The molecule has 69 heavy (non-hydrogen) atoms. The van der Waals surface area contributed by atoms with E-state index in [-0.39, 0.29) is 0 Å². The summed E-state index contributed by atoms with van der Waals surface area (Å²) in [5.74, 6) is 0.677. The fourth-order valence-electron chi connectivity index (χ4n) is 11.2. The molecule has 4 aromatic heterocycles. The Morgan fingerprint density at radius 3 is 1.68 bits per heavy atom. The predicted octanol–water partition coefficient (Wildman–Crippen LogP) is 18.0. The van der Waals surface area contributed by atoms with Crippen molar-refractivity contribution < 1.29 is 4.42 Å². The number of rotatable bonds is 5. The number of aromatic nitrogens is 3. The van der Waals surface area contributed by atoms with Gasteiger partial charge >= 0.3 is 0 Å². The van der Waals surface area contributed by atoms with E-state index in [0.29, 0.717) is 5.82 Å². The first kappa shape index (κ1) is 38.5. The van der Waals surface area contributed by atoms with Gasteiger partial charge in [0.25, 0.3) is 0 Å². The van der Waals surface area contributed by atoms with Crippen LogP contribution in [0.3, 0.4) is 0 Å². The van der Waals surface area contributed by atoms with Crippen LogP contribution in [0.5, 0.6) is 0 Å². The standard InChI is InChI=1S/C64H39N3OS/c1-2-46-60(44-24-23-37-13-3-4-15-39(37)31-44)65-64(66-61(46)45-26-29-57-53(34-45)48-21-11-12-22-56(48)68-57)50-28-30-58-59(49-27-25-38-14-9-10-20-47(38)63(49)69-58)62(50)67-54-35-42-18-7-5-16-40(42)32-51(54)52-33-41-17-6-8-19-43(41)36-55(52)67/h3-36H,2H2,1H3. The van der Waals surface area contributed by atoms with Crippen molar-refractivity contribution in [3.8, 4) is 39.6 Å². The van der Waals surface area contributed by atoms with Gasteiger partial charge < -0.3 is 8.98 Å². The lowest BCUT2D eigenvalue weighted by Crippen LogP contribution is -2.05. The van der Waals surface area contributed by atoms with Crippen LogP contribution in [0.2, 0.25) is 0 Å². The summed E-state index contributed by atoms with van der Waals surface area (Å²) < 4.78 is 11.4. The van der Waals surface area contributed by atoms with Crippen molar-refractivity contribution in [2.45, 2.75) is 13.3 Å². The van der Waals surface area contributed by atoms with E-state index < -0.39 is 0 Å². The van der Waals surface area contributed by atoms with Crippen molar-refractivity contribution in [1.82, 2.24) is 14.5 Å². The van der Waals surface area contributed by atoms with Crippen molar-refractivity contribution in [3.05, 3.63) is 212 Å². The van der Waals surface area contributed by atoms with Crippen LogP contribution in [0, 0.1) is 0 Å². The van der Waals surface area contributed by atoms with Gasteiger partial charge in [0, 0.05) is 64.0 Å². The maximum absolute atomic E-state index is 6.37. The Hall–Kier alpha value is -8.64. The van der Waals surface area contributed by atoms with E-state index in [1.165, 1.54) is 74.0 Å². The van der Waals surface area contributed by atoms with Crippen molar-refractivity contribution in [2.75, 3.05) is 0 Å². The van der Waals surface area contributed by atoms with E-state index >= 15 is 0 Å². The number of furan rings is 1. The molecule has 0 saturated heterocycles. The number of nitrogens with zero attached hydrogens (tertiary/aromatic N) is 3. The number of para-hydroxylation sites is 1. The molecule has 0 aliphatic heterocycles. The summed E-state index contributed by atoms with van der Waals surface area (Å²) in [5.41, 5.74) is 11.1. The number of benzene rings is 11. The number of thiophene rings is 1. The summed E-state index contributed by atoms with van der Waals surface area (Å²) in [6, 6.07) is 75.2. The molecule has 0 aliphatic carbocycles. The highest BCUT2D eigenvalue weighted by Crippen LogP contribution is 2.48. The van der Waals surface area contributed by atoms with Gasteiger partial charge in [-0.05, 0) is 116 Å². The van der Waals surface area contributed by atoms with Gasteiger partial charge in [0.05, 0.1) is 28.1 Å². The van der Waals surface area contributed by atoms with Crippen LogP contribution in [-0.2, 0) is 6.42 Å². The molecule has 0 unspecified atom stereocenters. The van der Waals surface area contributed by atoms with Crippen LogP contribution in [0.15, 0.2) is 211 Å². The molecule has 0 N–H and O–H groups in total. The van der Waals surface area contributed by atoms with Gasteiger partial charge in [-0.25, -0.2) is 9.97 Å². The Balaban J connectivity index is 1.12. The van der Waals surface area contributed by atoms with Gasteiger partial charge in [0.15, 0.2) is 5.82 Å². The Kier molecular flexibility index (Phi) is 8.18. The van der Waals surface area contributed by atoms with Gasteiger partial charge in [-0.1, -0.05) is 146 Å². The molecule has 15 rings (SSSR count). The molecule has 0 radical (unpaired) electrons. The molecule has 11 aromatic carbocycles. The van der Waals surface area contributed by atoms with E-state index in [9.17, 15) is 0 Å². The lowest BCUT2D eigenvalue weighted by atomic mass is 9.95. The molecule has 0 amide bonds. The van der Waals surface area contributed by atoms with Gasteiger partial charge in [-0.2, -0.15) is 0 Å². The third kappa shape index (κ3) is 5.75. The van der Waals surface area contributed by atoms with Crippen LogP contribution >= 0.6 is 11.3 Å². The Morgan fingerprint density at radius 1 is 0.435 bits per heavy atom. The molecular weight excluding hydrogens is 859 g/mol. The lowest BCUT2D eigenvalue weighted by molar-refractivity contribution is 0.669. The first-order valence-corrected chi connectivity index (χ1v) is 24.5. The lowest BCUT2D eigenvalue weighted by Gasteiger charge is -2.19. The van der Waals surface area contributed by atoms with E-state index in [4.69, 9.17) is 14.4 Å². The van der Waals surface area contributed by atoms with Crippen LogP contribution < -0.4 is 0 Å². The first-order valence-electron chi connectivity index (χ1n) is 23.7. The summed E-state index contributed by atoms with van der Waals surface area (Å²) in [4.78, 5) is 11.6. The summed E-state index contributed by atoms with van der Waals surface area (Å²) in [7, 11) is 0. The Morgan fingerprint density at radius 2 is 0.986 bits per heavy atom. The minimum atomic E-state index is 0.677. The smallest absolute Gasteiger partial charge is 0.162 e. The SMILES string of the molecule is CCc1c(-c2ccc3ccccc3c2)nc(-c2ccc3sc4c5ccccc5ccc4c3c2-n2c3cc4ccccc4cc3c3cc4ccccc4cc32)nc1-c1ccc2oc3ccccc3c2c1. The fraction of sp³-hybridized carbons (Fsp3) is 0.0312. The summed E-state index contributed by atoms with van der Waals surface area (Å²) in [5, 5.41) is 16.7. The van der Waals surface area contributed by atoms with Crippen molar-refractivity contribution in [3.63, 3.8) is 0 Å². The number of hydrogen-bond acceptors (Lipinski definition) is 4. The zero-order valence-corrected chi connectivity index (χ0v) is 38.3. The average molecular weight is 898 g/mol. The van der Waals surface area contributed by atoms with E-state index in [2.05, 4.69) is 206 Å². The van der Waals surface area contributed by atoms with Gasteiger partial charge in [-0.3, -0.25) is 0 Å². The minimum Gasteiger partial charge on any atom is -0.456 e. The molecule has 0 aliphatic rings. The molecule has 0 saturated carbocycles. The topological polar surface area (TPSA) is 43.9 Å². The third-order valence-electron chi connectivity index (χ3n) is 14.5. The van der Waals surface area contributed by atoms with Gasteiger partial charge in [0.2, 0.25) is 0 Å². The van der Waals surface area contributed by atoms with Gasteiger partial charge in [0.1, 0.15) is 11.2 Å². The van der Waals surface area contributed by atoms with Crippen molar-refractivity contribution >= 4 is 118 Å². The molecule has 5 heteroatoms. The average Bonchev–Trinajstić information content (AvgIpc) is 4.08. The van der Waals surface area contributed by atoms with Crippen LogP contribution in [0.1, 0.15) is 12.5 Å². The molecule has 322 valence electrons. The van der Waals surface area contributed by atoms with Crippen LogP contribution in [-0.4, -0.2) is 14.5 Å². The predicted molar refractivity (Wildman–Crippen MR) is 292 cm³/mol. The van der Waals surface area contributed by atoms with Crippen molar-refractivity contribution in [1.29, 1.82) is 0 Å². The minimum absolute atomic E-state index is 0.677. The maximum atomic E-state index is 6.37. The maximum Gasteiger partial charge on any atom is 0.162 e. The summed E-state index contributed by atoms with van der Waals surface area (Å²) >= 11 is 1.87. The molecule has 4 nitrogen and oxygen atoms in total. The second kappa shape index (κ2) is 14.7. The second-order valence-electron chi connectivity index (χ2n) is 18.3. The van der Waals surface area contributed by atoms with E-state index in [1.54, 1.807) is 0 Å². The van der Waals surface area contributed by atoms with Gasteiger partial charge in [-0.15, -0.1) is 11.3 Å². The normalized spacial score (nSPS) is 12.2. The highest BCUT2D eigenvalue weighted by molar-refractivity contribution is 7.26. The van der Waals surface area contributed by atoms with E-state index in [1.807, 2.05) is 23.5 Å².